The number of aromatic nitrogens is 6. The molecule has 148 valence electrons. The summed E-state index contributed by atoms with van der Waals surface area (Å²) in [6.45, 7) is 2.62. The van der Waals surface area contributed by atoms with Gasteiger partial charge in [-0.05, 0) is 11.6 Å². The zero-order valence-electron chi connectivity index (χ0n) is 15.8. The van der Waals surface area contributed by atoms with Crippen molar-refractivity contribution in [1.82, 2.24) is 34.8 Å². The molecule has 5 rings (SSSR count). The number of anilines is 1. The average molecular weight is 390 g/mol. The summed E-state index contributed by atoms with van der Waals surface area (Å²) in [7, 11) is 0. The lowest BCUT2D eigenvalue weighted by Gasteiger charge is -2.13. The molecule has 4 N–H and O–H groups in total. The van der Waals surface area contributed by atoms with Crippen molar-refractivity contribution in [3.8, 4) is 0 Å². The van der Waals surface area contributed by atoms with Gasteiger partial charge >= 0.3 is 0 Å². The van der Waals surface area contributed by atoms with Gasteiger partial charge in [-0.1, -0.05) is 35.5 Å². The first-order valence-electron chi connectivity index (χ1n) is 9.58. The van der Waals surface area contributed by atoms with Crippen LogP contribution in [0, 0.1) is 0 Å². The zero-order valence-corrected chi connectivity index (χ0v) is 15.8. The van der Waals surface area contributed by atoms with Gasteiger partial charge in [-0.2, -0.15) is 0 Å². The molecule has 0 aliphatic carbocycles. The number of β-amino-alcohol motifs (C(OH)–C–C–N with tert-alkyl or cyclic N) is 1. The number of aromatic amines is 1. The highest BCUT2D eigenvalue weighted by Crippen LogP contribution is 2.28. The Bertz CT molecular complexity index is 1120. The number of nitrogens with zero attached hydrogens (tertiary/aromatic N) is 6. The summed E-state index contributed by atoms with van der Waals surface area (Å²) < 4.78 is 1.82. The van der Waals surface area contributed by atoms with E-state index in [1.54, 1.807) is 0 Å². The van der Waals surface area contributed by atoms with Gasteiger partial charge in [0.1, 0.15) is 11.8 Å². The SMILES string of the molecule is Nc1ncnc2cc(CN3CC(c4cn(Cc5ccccc5)nn4)[C@@H](O)C3)[nH]c12. The Morgan fingerprint density at radius 2 is 2.00 bits per heavy atom. The van der Waals surface area contributed by atoms with E-state index in [0.29, 0.717) is 32.0 Å². The van der Waals surface area contributed by atoms with Gasteiger partial charge in [-0.15, -0.1) is 5.10 Å². The van der Waals surface area contributed by atoms with E-state index in [2.05, 4.69) is 42.3 Å². The van der Waals surface area contributed by atoms with E-state index < -0.39 is 6.10 Å². The zero-order chi connectivity index (χ0) is 19.8. The molecular weight excluding hydrogens is 368 g/mol. The van der Waals surface area contributed by atoms with Gasteiger partial charge in [0, 0.05) is 37.4 Å². The molecule has 9 heteroatoms. The monoisotopic (exact) mass is 390 g/mol. The van der Waals surface area contributed by atoms with Crippen molar-refractivity contribution in [2.75, 3.05) is 18.8 Å². The highest BCUT2D eigenvalue weighted by molar-refractivity contribution is 5.84. The average Bonchev–Trinajstić information content (AvgIpc) is 3.42. The van der Waals surface area contributed by atoms with E-state index in [0.717, 1.165) is 22.4 Å². The third kappa shape index (κ3) is 3.57. The van der Waals surface area contributed by atoms with E-state index in [-0.39, 0.29) is 5.92 Å². The number of hydrogen-bond acceptors (Lipinski definition) is 7. The molecule has 4 heterocycles. The number of aliphatic hydroxyl groups excluding tert-OH is 1. The standard InChI is InChI=1S/C20H22N8O/c21-20-19-16(22-12-23-20)6-14(24-19)8-27-9-15(18(29)11-27)17-10-28(26-25-17)7-13-4-2-1-3-5-13/h1-6,10,12,15,18,24,29H,7-9,11H2,(H2,21,22,23)/t15?,18-/m0/s1. The second-order valence-electron chi connectivity index (χ2n) is 7.51. The molecule has 0 radical (unpaired) electrons. The van der Waals surface area contributed by atoms with Gasteiger partial charge in [0.15, 0.2) is 5.82 Å². The van der Waals surface area contributed by atoms with Crippen molar-refractivity contribution in [2.45, 2.75) is 25.1 Å². The fraction of sp³-hybridized carbons (Fsp3) is 0.300. The Labute approximate surface area is 167 Å². The van der Waals surface area contributed by atoms with E-state index in [1.807, 2.05) is 35.1 Å². The Morgan fingerprint density at radius 3 is 2.83 bits per heavy atom. The summed E-state index contributed by atoms with van der Waals surface area (Å²) >= 11 is 0. The quantitative estimate of drug-likeness (QED) is 0.467. The topological polar surface area (TPSA) is 122 Å². The minimum atomic E-state index is -0.480. The van der Waals surface area contributed by atoms with Crippen LogP contribution in [0.25, 0.3) is 11.0 Å². The largest absolute Gasteiger partial charge is 0.391 e. The number of rotatable bonds is 5. The number of hydrogen-bond donors (Lipinski definition) is 3. The molecule has 1 aliphatic heterocycles. The Morgan fingerprint density at radius 1 is 1.14 bits per heavy atom. The molecular formula is C20H22N8O. The van der Waals surface area contributed by atoms with Gasteiger partial charge < -0.3 is 15.8 Å². The maximum atomic E-state index is 10.6. The minimum Gasteiger partial charge on any atom is -0.391 e. The first-order valence-corrected chi connectivity index (χ1v) is 9.58. The number of fused-ring (bicyclic) bond motifs is 1. The number of likely N-dealkylation sites (tertiary alicyclic amines) is 1. The molecule has 0 bridgehead atoms. The third-order valence-electron chi connectivity index (χ3n) is 5.38. The van der Waals surface area contributed by atoms with Crippen molar-refractivity contribution in [1.29, 1.82) is 0 Å². The molecule has 0 amide bonds. The maximum absolute atomic E-state index is 10.6. The summed E-state index contributed by atoms with van der Waals surface area (Å²) in [6, 6.07) is 12.1. The summed E-state index contributed by atoms with van der Waals surface area (Å²) in [6.07, 6.45) is 2.92. The van der Waals surface area contributed by atoms with Crippen LogP contribution in [0.1, 0.15) is 22.9 Å². The second kappa shape index (κ2) is 7.26. The number of nitrogen functional groups attached to an aromatic ring is 1. The highest BCUT2D eigenvalue weighted by atomic mass is 16.3. The van der Waals surface area contributed by atoms with Crippen LogP contribution in [0.5, 0.6) is 0 Å². The lowest BCUT2D eigenvalue weighted by molar-refractivity contribution is 0.162. The van der Waals surface area contributed by atoms with Crippen molar-refractivity contribution in [2.24, 2.45) is 0 Å². The van der Waals surface area contributed by atoms with Gasteiger partial charge in [-0.25, -0.2) is 14.6 Å². The number of benzene rings is 1. The van der Waals surface area contributed by atoms with Gasteiger partial charge in [0.25, 0.3) is 0 Å². The normalized spacial score (nSPS) is 19.9. The Hall–Kier alpha value is -3.30. The van der Waals surface area contributed by atoms with Crippen molar-refractivity contribution < 1.29 is 5.11 Å². The van der Waals surface area contributed by atoms with Crippen LogP contribution < -0.4 is 5.73 Å². The smallest absolute Gasteiger partial charge is 0.151 e. The minimum absolute atomic E-state index is 0.0613. The predicted molar refractivity (Wildman–Crippen MR) is 108 cm³/mol. The van der Waals surface area contributed by atoms with Crippen LogP contribution >= 0.6 is 0 Å². The molecule has 1 unspecified atom stereocenters. The van der Waals surface area contributed by atoms with Gasteiger partial charge in [0.2, 0.25) is 0 Å². The molecule has 4 aromatic rings. The van der Waals surface area contributed by atoms with Crippen LogP contribution in [0.15, 0.2) is 48.9 Å². The Kier molecular flexibility index (Phi) is 4.45. The van der Waals surface area contributed by atoms with Crippen molar-refractivity contribution in [3.05, 3.63) is 65.9 Å². The summed E-state index contributed by atoms with van der Waals surface area (Å²) in [5.74, 6) is 0.379. The van der Waals surface area contributed by atoms with Crippen molar-refractivity contribution in [3.63, 3.8) is 0 Å². The molecule has 29 heavy (non-hydrogen) atoms. The number of H-pyrrole nitrogens is 1. The first-order chi connectivity index (χ1) is 14.2. The lowest BCUT2D eigenvalue weighted by atomic mass is 10.0. The molecule has 1 aromatic carbocycles. The molecule has 9 nitrogen and oxygen atoms in total. The van der Waals surface area contributed by atoms with E-state index in [1.165, 1.54) is 11.9 Å². The molecule has 2 atom stereocenters. The second-order valence-corrected chi connectivity index (χ2v) is 7.51. The van der Waals surface area contributed by atoms with Crippen LogP contribution in [-0.4, -0.2) is 59.1 Å². The first kappa shape index (κ1) is 17.8. The lowest BCUT2D eigenvalue weighted by Crippen LogP contribution is -2.21. The molecule has 1 fully saturated rings. The summed E-state index contributed by atoms with van der Waals surface area (Å²) in [5.41, 5.74) is 10.4. The van der Waals surface area contributed by atoms with Gasteiger partial charge in [-0.3, -0.25) is 4.90 Å². The summed E-state index contributed by atoms with van der Waals surface area (Å²) in [4.78, 5) is 13.7. The fourth-order valence-electron chi connectivity index (χ4n) is 3.96. The van der Waals surface area contributed by atoms with Crippen molar-refractivity contribution >= 4 is 16.9 Å². The van der Waals surface area contributed by atoms with Crippen LogP contribution in [0.2, 0.25) is 0 Å². The predicted octanol–water partition coefficient (Wildman–Crippen LogP) is 1.14. The molecule has 0 spiro atoms. The maximum Gasteiger partial charge on any atom is 0.151 e. The van der Waals surface area contributed by atoms with E-state index in [9.17, 15) is 5.11 Å². The van der Waals surface area contributed by atoms with Crippen LogP contribution in [-0.2, 0) is 13.1 Å². The third-order valence-corrected chi connectivity index (χ3v) is 5.38. The van der Waals surface area contributed by atoms with Crippen LogP contribution in [0.4, 0.5) is 5.82 Å². The van der Waals surface area contributed by atoms with E-state index >= 15 is 0 Å². The fourth-order valence-corrected chi connectivity index (χ4v) is 3.96. The summed E-state index contributed by atoms with van der Waals surface area (Å²) in [5, 5.41) is 19.2. The Balaban J connectivity index is 1.27. The molecule has 0 saturated carbocycles. The highest BCUT2D eigenvalue weighted by Gasteiger charge is 2.34. The number of aliphatic hydroxyl groups is 1. The van der Waals surface area contributed by atoms with Gasteiger partial charge in [0.05, 0.1) is 23.9 Å². The molecule has 1 saturated heterocycles. The van der Waals surface area contributed by atoms with Crippen LogP contribution in [0.3, 0.4) is 0 Å². The number of nitrogens with one attached hydrogen (secondary N) is 1. The molecule has 1 aliphatic rings. The number of nitrogens with two attached hydrogens (primary N) is 1. The van der Waals surface area contributed by atoms with E-state index in [4.69, 9.17) is 5.73 Å². The molecule has 3 aromatic heterocycles.